The van der Waals surface area contributed by atoms with Crippen molar-refractivity contribution in [2.24, 2.45) is 0 Å². The molecule has 0 fully saturated rings. The van der Waals surface area contributed by atoms with Gasteiger partial charge in [-0.3, -0.25) is 0 Å². The Balaban J connectivity index is 0.000000602. The van der Waals surface area contributed by atoms with Crippen molar-refractivity contribution in [3.05, 3.63) is 60.7 Å². The smallest absolute Gasteiger partial charge is 1.00 e. The summed E-state index contributed by atoms with van der Waals surface area (Å²) in [5.74, 6) is 0. The van der Waals surface area contributed by atoms with Crippen LogP contribution in [0.15, 0.2) is 60.7 Å². The van der Waals surface area contributed by atoms with E-state index in [1.165, 1.54) is 32.3 Å². The molecule has 0 saturated carbocycles. The fourth-order valence-electron chi connectivity index (χ4n) is 2.67. The van der Waals surface area contributed by atoms with E-state index in [2.05, 4.69) is 60.7 Å². The van der Waals surface area contributed by atoms with Crippen LogP contribution in [0, 0.1) is 0 Å². The molecule has 4 rings (SSSR count). The zero-order chi connectivity index (χ0) is 10.5. The Kier molecular flexibility index (Phi) is 2.59. The molecule has 0 atom stereocenters. The van der Waals surface area contributed by atoms with E-state index < -0.39 is 0 Å². The normalized spacial score (nSPS) is 11.1. The number of rotatable bonds is 0. The van der Waals surface area contributed by atoms with Crippen molar-refractivity contribution in [1.82, 2.24) is 0 Å². The molecular weight excluding hydrogens is 215 g/mol. The minimum absolute atomic E-state index is 0. The average molecular weight is 226 g/mol. The van der Waals surface area contributed by atoms with E-state index in [0.29, 0.717) is 0 Å². The van der Waals surface area contributed by atoms with Crippen molar-refractivity contribution in [1.29, 1.82) is 0 Å². The number of benzene rings is 4. The maximum Gasteiger partial charge on any atom is 1.00 e. The van der Waals surface area contributed by atoms with Crippen LogP contribution in [0.4, 0.5) is 0 Å². The molecule has 0 nitrogen and oxygen atoms in total. The molecule has 17 heavy (non-hydrogen) atoms. The van der Waals surface area contributed by atoms with Crippen LogP contribution in [-0.2, 0) is 0 Å². The van der Waals surface area contributed by atoms with E-state index in [1.54, 1.807) is 0 Å². The van der Waals surface area contributed by atoms with Crippen molar-refractivity contribution in [3.8, 4) is 0 Å². The molecule has 0 N–H and O–H groups in total. The SMILES string of the molecule is [H-].[Na+].c1cc2ccc3cccc4ccc(c1)c2c34. The van der Waals surface area contributed by atoms with Crippen LogP contribution in [0.1, 0.15) is 1.43 Å². The van der Waals surface area contributed by atoms with E-state index in [4.69, 9.17) is 0 Å². The van der Waals surface area contributed by atoms with Gasteiger partial charge >= 0.3 is 29.6 Å². The van der Waals surface area contributed by atoms with Gasteiger partial charge in [0.05, 0.1) is 0 Å². The predicted molar refractivity (Wildman–Crippen MR) is 71.3 cm³/mol. The average Bonchev–Trinajstić information content (AvgIpc) is 2.36. The van der Waals surface area contributed by atoms with Gasteiger partial charge in [-0.25, -0.2) is 0 Å². The summed E-state index contributed by atoms with van der Waals surface area (Å²) >= 11 is 0. The van der Waals surface area contributed by atoms with Gasteiger partial charge in [-0.15, -0.1) is 0 Å². The van der Waals surface area contributed by atoms with Crippen LogP contribution in [0.3, 0.4) is 0 Å². The fraction of sp³-hybridized carbons (Fsp3) is 0. The largest absolute Gasteiger partial charge is 1.00 e. The van der Waals surface area contributed by atoms with E-state index in [-0.39, 0.29) is 31.0 Å². The summed E-state index contributed by atoms with van der Waals surface area (Å²) in [4.78, 5) is 0. The summed E-state index contributed by atoms with van der Waals surface area (Å²) < 4.78 is 0. The molecule has 0 unspecified atom stereocenters. The van der Waals surface area contributed by atoms with Gasteiger partial charge in [0.25, 0.3) is 0 Å². The zero-order valence-electron chi connectivity index (χ0n) is 10.8. The summed E-state index contributed by atoms with van der Waals surface area (Å²) in [7, 11) is 0. The van der Waals surface area contributed by atoms with E-state index in [9.17, 15) is 0 Å². The zero-order valence-corrected chi connectivity index (χ0v) is 11.8. The molecule has 0 aliphatic rings. The van der Waals surface area contributed by atoms with Crippen LogP contribution in [0.2, 0.25) is 0 Å². The molecule has 0 amide bonds. The first kappa shape index (κ1) is 11.0. The van der Waals surface area contributed by atoms with Gasteiger partial charge in [0.1, 0.15) is 0 Å². The van der Waals surface area contributed by atoms with Crippen LogP contribution in [0.5, 0.6) is 0 Å². The second-order valence-electron chi connectivity index (χ2n) is 4.29. The van der Waals surface area contributed by atoms with Gasteiger partial charge in [0.2, 0.25) is 0 Å². The van der Waals surface area contributed by atoms with Crippen molar-refractivity contribution in [2.75, 3.05) is 0 Å². The van der Waals surface area contributed by atoms with Crippen molar-refractivity contribution >= 4 is 32.3 Å². The molecule has 0 radical (unpaired) electrons. The summed E-state index contributed by atoms with van der Waals surface area (Å²) in [5, 5.41) is 8.14. The Morgan fingerprint density at radius 1 is 0.471 bits per heavy atom. The molecule has 76 valence electrons. The van der Waals surface area contributed by atoms with Crippen molar-refractivity contribution in [3.63, 3.8) is 0 Å². The first-order valence-electron chi connectivity index (χ1n) is 5.56. The molecule has 1 heteroatoms. The maximum atomic E-state index is 2.21. The molecule has 0 aliphatic carbocycles. The summed E-state index contributed by atoms with van der Waals surface area (Å²) in [6, 6.07) is 21.9. The molecule has 4 aromatic carbocycles. The second kappa shape index (κ2) is 3.99. The third-order valence-corrected chi connectivity index (χ3v) is 3.39. The summed E-state index contributed by atoms with van der Waals surface area (Å²) in [5.41, 5.74) is 0. The molecule has 0 heterocycles. The van der Waals surface area contributed by atoms with Gasteiger partial charge in [-0.1, -0.05) is 60.7 Å². The molecule has 0 aromatic heterocycles. The van der Waals surface area contributed by atoms with Crippen LogP contribution >= 0.6 is 0 Å². The van der Waals surface area contributed by atoms with E-state index >= 15 is 0 Å². The van der Waals surface area contributed by atoms with E-state index in [1.807, 2.05) is 0 Å². The second-order valence-corrected chi connectivity index (χ2v) is 4.29. The third-order valence-electron chi connectivity index (χ3n) is 3.39. The molecule has 0 bridgehead atoms. The molecule has 0 spiro atoms. The Labute approximate surface area is 123 Å². The minimum atomic E-state index is 0. The predicted octanol–water partition coefficient (Wildman–Crippen LogP) is 1.70. The van der Waals surface area contributed by atoms with Crippen LogP contribution in [0.25, 0.3) is 32.3 Å². The molecular formula is C16H11Na. The van der Waals surface area contributed by atoms with Crippen molar-refractivity contribution < 1.29 is 31.0 Å². The number of hydrogen-bond acceptors (Lipinski definition) is 0. The van der Waals surface area contributed by atoms with Crippen molar-refractivity contribution in [2.45, 2.75) is 0 Å². The Morgan fingerprint density at radius 3 is 1.06 bits per heavy atom. The first-order chi connectivity index (χ1) is 7.93. The quantitative estimate of drug-likeness (QED) is 0.316. The third kappa shape index (κ3) is 1.49. The van der Waals surface area contributed by atoms with Gasteiger partial charge in [-0.2, -0.15) is 0 Å². The van der Waals surface area contributed by atoms with Gasteiger partial charge in [-0.05, 0) is 32.3 Å². The van der Waals surface area contributed by atoms with E-state index in [0.717, 1.165) is 0 Å². The number of hydrogen-bond donors (Lipinski definition) is 0. The first-order valence-corrected chi connectivity index (χ1v) is 5.56. The maximum absolute atomic E-state index is 2.21. The minimum Gasteiger partial charge on any atom is -1.00 e. The fourth-order valence-corrected chi connectivity index (χ4v) is 2.67. The van der Waals surface area contributed by atoms with Gasteiger partial charge in [0, 0.05) is 0 Å². The summed E-state index contributed by atoms with van der Waals surface area (Å²) in [6.45, 7) is 0. The standard InChI is InChI=1S/C16H10.Na.H/c1-3-11-7-9-13-5-2-6-14-10-8-12(4-1)15(11)16(13)14;;/h1-10H;;/q;+1;-1. The van der Waals surface area contributed by atoms with Gasteiger partial charge in [0.15, 0.2) is 0 Å². The topological polar surface area (TPSA) is 0 Å². The molecule has 0 saturated heterocycles. The summed E-state index contributed by atoms with van der Waals surface area (Å²) in [6.07, 6.45) is 0. The Bertz CT molecular complexity index is 678. The monoisotopic (exact) mass is 226 g/mol. The molecule has 4 aromatic rings. The van der Waals surface area contributed by atoms with Crippen LogP contribution in [-0.4, -0.2) is 0 Å². The van der Waals surface area contributed by atoms with Gasteiger partial charge < -0.3 is 1.43 Å². The Hall–Kier alpha value is -1.08. The van der Waals surface area contributed by atoms with Crippen LogP contribution < -0.4 is 29.6 Å². The molecule has 0 aliphatic heterocycles. The Morgan fingerprint density at radius 2 is 0.765 bits per heavy atom.